The van der Waals surface area contributed by atoms with Crippen LogP contribution in [-0.4, -0.2) is 45.2 Å². The van der Waals surface area contributed by atoms with Gasteiger partial charge in [0.15, 0.2) is 0 Å². The van der Waals surface area contributed by atoms with Crippen molar-refractivity contribution in [1.82, 2.24) is 9.91 Å². The summed E-state index contributed by atoms with van der Waals surface area (Å²) in [5.41, 5.74) is 3.92. The average molecular weight is 614 g/mol. The van der Waals surface area contributed by atoms with Crippen molar-refractivity contribution in [3.8, 4) is 5.75 Å². The van der Waals surface area contributed by atoms with Gasteiger partial charge in [0.1, 0.15) is 11.6 Å². The van der Waals surface area contributed by atoms with Crippen LogP contribution < -0.4 is 5.43 Å². The number of hydrogen-bond donors (Lipinski definition) is 2. The fourth-order valence-electron chi connectivity index (χ4n) is 8.07. The highest BCUT2D eigenvalue weighted by Crippen LogP contribution is 2.64. The Morgan fingerprint density at radius 2 is 1.59 bits per heavy atom. The number of nitrogens with one attached hydrogen (secondary N) is 1. The van der Waals surface area contributed by atoms with Gasteiger partial charge in [0, 0.05) is 17.5 Å². The normalized spacial score (nSPS) is 29.3. The molecular weight excluding hydrogens is 585 g/mol. The van der Waals surface area contributed by atoms with E-state index in [9.17, 15) is 28.7 Å². The van der Waals surface area contributed by atoms with Crippen LogP contribution in [-0.2, 0) is 24.6 Å². The number of halogens is 2. The number of phenolic OH excluding ortho intramolecular Hbond substituents is 1. The molecule has 0 radical (unpaired) electrons. The fourth-order valence-corrected chi connectivity index (χ4v) is 8.20. The summed E-state index contributed by atoms with van der Waals surface area (Å²) in [6.45, 7) is 2.03. The van der Waals surface area contributed by atoms with E-state index in [2.05, 4.69) is 5.43 Å². The van der Waals surface area contributed by atoms with Gasteiger partial charge in [0.25, 0.3) is 11.8 Å². The van der Waals surface area contributed by atoms with Gasteiger partial charge >= 0.3 is 0 Å². The first kappa shape index (κ1) is 28.3. The number of phenols is 1. The number of anilines is 1. The van der Waals surface area contributed by atoms with E-state index >= 15 is 0 Å². The third-order valence-electron chi connectivity index (χ3n) is 9.89. The lowest BCUT2D eigenvalue weighted by molar-refractivity contribution is -0.141. The molecule has 4 aliphatic rings. The van der Waals surface area contributed by atoms with Crippen LogP contribution in [0.5, 0.6) is 5.75 Å². The monoisotopic (exact) mass is 613 g/mol. The summed E-state index contributed by atoms with van der Waals surface area (Å²) in [4.78, 5) is 57.6. The van der Waals surface area contributed by atoms with E-state index in [1.54, 1.807) is 43.3 Å². The topological polar surface area (TPSA) is 107 Å². The number of hydrogen-bond acceptors (Lipinski definition) is 6. The Balaban J connectivity index is 1.45. The molecule has 2 aliphatic heterocycles. The Labute approximate surface area is 258 Å². The fraction of sp³-hybridized carbons (Fsp3) is 0.294. The van der Waals surface area contributed by atoms with Crippen molar-refractivity contribution >= 4 is 40.9 Å². The molecule has 4 amide bonds. The highest BCUT2D eigenvalue weighted by atomic mass is 35.5. The molecule has 3 fully saturated rings. The van der Waals surface area contributed by atoms with Crippen molar-refractivity contribution < 1.29 is 28.7 Å². The number of nitrogens with zero attached hydrogens (tertiary/aromatic N) is 2. The minimum absolute atomic E-state index is 0.0412. The van der Waals surface area contributed by atoms with Crippen molar-refractivity contribution in [3.05, 3.63) is 106 Å². The molecule has 0 unspecified atom stereocenters. The van der Waals surface area contributed by atoms with Crippen LogP contribution in [0.3, 0.4) is 0 Å². The molecule has 224 valence electrons. The van der Waals surface area contributed by atoms with E-state index in [0.717, 1.165) is 10.6 Å². The van der Waals surface area contributed by atoms with Gasteiger partial charge < -0.3 is 5.11 Å². The molecule has 0 aromatic heterocycles. The molecule has 8 nitrogen and oxygen atoms in total. The first-order valence-corrected chi connectivity index (χ1v) is 15.0. The third kappa shape index (κ3) is 3.95. The van der Waals surface area contributed by atoms with Gasteiger partial charge in [-0.05, 0) is 85.3 Å². The second kappa shape index (κ2) is 10.3. The van der Waals surface area contributed by atoms with Crippen LogP contribution in [0.1, 0.15) is 36.8 Å². The van der Waals surface area contributed by atoms with Crippen molar-refractivity contribution in [2.45, 2.75) is 31.1 Å². The smallest absolute Gasteiger partial charge is 0.260 e. The maximum atomic E-state index is 14.9. The average Bonchev–Trinajstić information content (AvgIpc) is 3.39. The van der Waals surface area contributed by atoms with E-state index in [1.165, 1.54) is 41.3 Å². The molecule has 2 aliphatic carbocycles. The first-order valence-electron chi connectivity index (χ1n) is 14.7. The third-order valence-corrected chi connectivity index (χ3v) is 10.1. The lowest BCUT2D eigenvalue weighted by atomic mass is 9.49. The summed E-state index contributed by atoms with van der Waals surface area (Å²) in [7, 11) is 0. The summed E-state index contributed by atoms with van der Waals surface area (Å²) in [5.74, 6) is -5.12. The van der Waals surface area contributed by atoms with Gasteiger partial charge in [-0.15, -0.1) is 0 Å². The second-order valence-corrected chi connectivity index (χ2v) is 12.3. The molecular formula is C34H29ClFN3O5. The number of aromatic hydroxyl groups is 1. The summed E-state index contributed by atoms with van der Waals surface area (Å²) < 4.78 is 13.7. The van der Waals surface area contributed by atoms with E-state index in [4.69, 9.17) is 11.6 Å². The van der Waals surface area contributed by atoms with Gasteiger partial charge in [-0.2, -0.15) is 5.01 Å². The molecule has 2 saturated heterocycles. The first-order chi connectivity index (χ1) is 21.2. The number of hydrazine groups is 1. The number of fused-ring (bicyclic) bond motifs is 4. The lowest BCUT2D eigenvalue weighted by Crippen LogP contribution is -2.53. The SMILES string of the molecule is CCN1C(=O)[C@H]2[C@H](CC=C3[C@H]2C[C@H]2C(=O)N(Nc4ccc(F)cc4)C(=O)[C@@]2(c2ccc(Cl)cc2)[C@H]3c2ccc(O)cc2)C1=O. The standard InChI is InChI=1S/C34H29ClFN3O5/c1-2-38-30(41)25-16-15-24-26(28(25)32(38)43)17-27-31(42)39(37-22-11-9-21(36)10-12-22)33(44)34(27,19-5-7-20(35)8-6-19)29(24)18-3-13-23(40)14-4-18/h3-15,25-29,37,40H,2,16-17H2,1H3/t25-,26+,27-,28-,29-,34+/m0/s1. The lowest BCUT2D eigenvalue weighted by Gasteiger charge is -2.50. The second-order valence-electron chi connectivity index (χ2n) is 11.9. The molecule has 3 aromatic rings. The Bertz CT molecular complexity index is 1720. The largest absolute Gasteiger partial charge is 0.508 e. The maximum absolute atomic E-state index is 14.9. The van der Waals surface area contributed by atoms with Crippen molar-refractivity contribution in [1.29, 1.82) is 0 Å². The Hall–Kier alpha value is -4.50. The minimum atomic E-state index is -1.45. The van der Waals surface area contributed by atoms with E-state index in [0.29, 0.717) is 28.3 Å². The highest BCUT2D eigenvalue weighted by molar-refractivity contribution is 6.30. The number of carbonyl (C=O) groups excluding carboxylic acids is 4. The number of benzene rings is 3. The zero-order valence-electron chi connectivity index (χ0n) is 23.7. The predicted molar refractivity (Wildman–Crippen MR) is 160 cm³/mol. The van der Waals surface area contributed by atoms with Crippen molar-refractivity contribution in [2.75, 3.05) is 12.0 Å². The minimum Gasteiger partial charge on any atom is -0.508 e. The number of rotatable bonds is 5. The van der Waals surface area contributed by atoms with Gasteiger partial charge in [0.05, 0.1) is 28.9 Å². The molecule has 1 saturated carbocycles. The molecule has 7 rings (SSSR count). The van der Waals surface area contributed by atoms with Gasteiger partial charge in [0.2, 0.25) is 11.8 Å². The number of amides is 4. The van der Waals surface area contributed by atoms with Crippen LogP contribution >= 0.6 is 11.6 Å². The molecule has 2 N–H and O–H groups in total. The quantitative estimate of drug-likeness (QED) is 0.303. The van der Waals surface area contributed by atoms with Crippen molar-refractivity contribution in [2.24, 2.45) is 23.7 Å². The van der Waals surface area contributed by atoms with Crippen molar-refractivity contribution in [3.63, 3.8) is 0 Å². The Morgan fingerprint density at radius 3 is 2.25 bits per heavy atom. The molecule has 2 heterocycles. The van der Waals surface area contributed by atoms with Crippen LogP contribution in [0.15, 0.2) is 84.4 Å². The molecule has 3 aromatic carbocycles. The number of carbonyl (C=O) groups is 4. The van der Waals surface area contributed by atoms with E-state index in [-0.39, 0.29) is 30.5 Å². The van der Waals surface area contributed by atoms with Crippen LogP contribution in [0.25, 0.3) is 0 Å². The van der Waals surface area contributed by atoms with Gasteiger partial charge in [-0.1, -0.05) is 47.5 Å². The molecule has 6 atom stereocenters. The van der Waals surface area contributed by atoms with E-state index in [1.807, 2.05) is 6.08 Å². The number of imide groups is 2. The summed E-state index contributed by atoms with van der Waals surface area (Å²) in [6.07, 6.45) is 2.50. The zero-order valence-corrected chi connectivity index (χ0v) is 24.5. The predicted octanol–water partition coefficient (Wildman–Crippen LogP) is 5.19. The van der Waals surface area contributed by atoms with Gasteiger partial charge in [-0.25, -0.2) is 4.39 Å². The summed E-state index contributed by atoms with van der Waals surface area (Å²) >= 11 is 6.29. The van der Waals surface area contributed by atoms with Crippen LogP contribution in [0, 0.1) is 29.5 Å². The van der Waals surface area contributed by atoms with E-state index < -0.39 is 52.6 Å². The van der Waals surface area contributed by atoms with Crippen LogP contribution in [0.2, 0.25) is 5.02 Å². The summed E-state index contributed by atoms with van der Waals surface area (Å²) in [6, 6.07) is 18.8. The molecule has 10 heteroatoms. The zero-order chi connectivity index (χ0) is 30.9. The van der Waals surface area contributed by atoms with Crippen LogP contribution in [0.4, 0.5) is 10.1 Å². The number of allylic oxidation sites excluding steroid dienone is 2. The molecule has 44 heavy (non-hydrogen) atoms. The van der Waals surface area contributed by atoms with Gasteiger partial charge in [-0.3, -0.25) is 29.5 Å². The molecule has 0 spiro atoms. The Morgan fingerprint density at radius 1 is 0.909 bits per heavy atom. The highest BCUT2D eigenvalue weighted by Gasteiger charge is 2.70. The maximum Gasteiger partial charge on any atom is 0.260 e. The number of likely N-dealkylation sites (tertiary alicyclic amines) is 1. The summed E-state index contributed by atoms with van der Waals surface area (Å²) in [5, 5.41) is 11.6. The Kier molecular flexibility index (Phi) is 6.62. The molecule has 0 bridgehead atoms.